The van der Waals surface area contributed by atoms with Gasteiger partial charge in [-0.3, -0.25) is 4.79 Å². The lowest BCUT2D eigenvalue weighted by Crippen LogP contribution is -2.40. The van der Waals surface area contributed by atoms with Crippen LogP contribution in [-0.2, 0) is 0 Å². The average molecular weight is 368 g/mol. The second-order valence-corrected chi connectivity index (χ2v) is 8.58. The fourth-order valence-electron chi connectivity index (χ4n) is 3.24. The Bertz CT molecular complexity index is 901. The lowest BCUT2D eigenvalue weighted by atomic mass is 9.92. The molecule has 1 N–H and O–H groups in total. The number of nitrogens with one attached hydrogen (secondary N) is 1. The molecule has 0 aliphatic rings. The predicted octanol–water partition coefficient (Wildman–Crippen LogP) is 4.28. The minimum atomic E-state index is -0.0479. The average Bonchev–Trinajstić information content (AvgIpc) is 3.12. The number of pyridine rings is 1. The molecule has 4 nitrogen and oxygen atoms in total. The molecular formula is C21H25N3OS. The third kappa shape index (κ3) is 4.29. The van der Waals surface area contributed by atoms with Crippen molar-refractivity contribution in [3.8, 4) is 10.6 Å². The van der Waals surface area contributed by atoms with E-state index in [0.29, 0.717) is 12.1 Å². The van der Waals surface area contributed by atoms with E-state index in [1.807, 2.05) is 61.9 Å². The van der Waals surface area contributed by atoms with Gasteiger partial charge >= 0.3 is 0 Å². The number of aromatic nitrogens is 1. The van der Waals surface area contributed by atoms with E-state index in [-0.39, 0.29) is 11.3 Å². The Kier molecular flexibility index (Phi) is 5.39. The molecule has 2 heterocycles. The highest BCUT2D eigenvalue weighted by Gasteiger charge is 2.21. The van der Waals surface area contributed by atoms with Crippen molar-refractivity contribution < 1.29 is 4.79 Å². The van der Waals surface area contributed by atoms with Crippen molar-refractivity contribution in [3.63, 3.8) is 0 Å². The lowest BCUT2D eigenvalue weighted by molar-refractivity contribution is 0.0931. The summed E-state index contributed by atoms with van der Waals surface area (Å²) < 4.78 is 0. The summed E-state index contributed by atoms with van der Waals surface area (Å²) in [4.78, 5) is 20.9. The fourth-order valence-corrected chi connectivity index (χ4v) is 3.93. The van der Waals surface area contributed by atoms with E-state index in [2.05, 4.69) is 24.1 Å². The maximum atomic E-state index is 13.0. The van der Waals surface area contributed by atoms with Crippen LogP contribution in [0.5, 0.6) is 0 Å². The topological polar surface area (TPSA) is 45.2 Å². The molecule has 0 aliphatic heterocycles. The maximum absolute atomic E-state index is 13.0. The first-order valence-corrected chi connectivity index (χ1v) is 9.60. The smallest absolute Gasteiger partial charge is 0.252 e. The molecule has 0 atom stereocenters. The normalized spacial score (nSPS) is 11.9. The number of amides is 1. The predicted molar refractivity (Wildman–Crippen MR) is 110 cm³/mol. The van der Waals surface area contributed by atoms with Gasteiger partial charge in [-0.1, -0.05) is 38.1 Å². The Morgan fingerprint density at radius 2 is 1.96 bits per heavy atom. The summed E-state index contributed by atoms with van der Waals surface area (Å²) in [5.74, 6) is -0.0479. The molecule has 0 saturated carbocycles. The Labute approximate surface area is 158 Å². The standard InChI is InChI=1S/C21H25N3OS/c1-21(2,14-24(3)4)13-22-20(25)16-12-18(19-10-7-11-26-19)23-17-9-6-5-8-15(16)17/h5-12H,13-14H2,1-4H3,(H,22,25). The van der Waals surface area contributed by atoms with Gasteiger partial charge in [-0.05, 0) is 43.1 Å². The van der Waals surface area contributed by atoms with Crippen LogP contribution in [0.25, 0.3) is 21.5 Å². The van der Waals surface area contributed by atoms with E-state index in [4.69, 9.17) is 4.98 Å². The molecule has 3 rings (SSSR count). The number of benzene rings is 1. The first kappa shape index (κ1) is 18.5. The Morgan fingerprint density at radius 1 is 1.19 bits per heavy atom. The van der Waals surface area contributed by atoms with Gasteiger partial charge in [-0.2, -0.15) is 0 Å². The quantitative estimate of drug-likeness (QED) is 0.707. The number of thiophene rings is 1. The molecule has 0 fully saturated rings. The van der Waals surface area contributed by atoms with Crippen LogP contribution in [0, 0.1) is 5.41 Å². The largest absolute Gasteiger partial charge is 0.351 e. The number of hydrogen-bond acceptors (Lipinski definition) is 4. The van der Waals surface area contributed by atoms with Crippen molar-refractivity contribution in [2.75, 3.05) is 27.2 Å². The molecule has 0 radical (unpaired) electrons. The van der Waals surface area contributed by atoms with Crippen LogP contribution < -0.4 is 5.32 Å². The molecule has 1 amide bonds. The van der Waals surface area contributed by atoms with Crippen molar-refractivity contribution in [1.29, 1.82) is 0 Å². The van der Waals surface area contributed by atoms with Crippen molar-refractivity contribution in [1.82, 2.24) is 15.2 Å². The molecule has 0 unspecified atom stereocenters. The number of hydrogen-bond donors (Lipinski definition) is 1. The first-order valence-electron chi connectivity index (χ1n) is 8.72. The Balaban J connectivity index is 1.92. The zero-order valence-corrected chi connectivity index (χ0v) is 16.6. The van der Waals surface area contributed by atoms with Gasteiger partial charge in [0.2, 0.25) is 0 Å². The van der Waals surface area contributed by atoms with E-state index < -0.39 is 0 Å². The van der Waals surface area contributed by atoms with Crippen molar-refractivity contribution >= 4 is 28.1 Å². The highest BCUT2D eigenvalue weighted by Crippen LogP contribution is 2.28. The SMILES string of the molecule is CN(C)CC(C)(C)CNC(=O)c1cc(-c2cccs2)nc2ccccc12. The van der Waals surface area contributed by atoms with Crippen molar-refractivity contribution in [2.24, 2.45) is 5.41 Å². The summed E-state index contributed by atoms with van der Waals surface area (Å²) in [7, 11) is 4.10. The number of carbonyl (C=O) groups excluding carboxylic acids is 1. The third-order valence-corrected chi connectivity index (χ3v) is 5.10. The van der Waals surface area contributed by atoms with Gasteiger partial charge in [0.25, 0.3) is 5.91 Å². The lowest BCUT2D eigenvalue weighted by Gasteiger charge is -2.28. The van der Waals surface area contributed by atoms with Crippen LogP contribution in [0.1, 0.15) is 24.2 Å². The Hall–Kier alpha value is -2.24. The number of para-hydroxylation sites is 1. The molecular weight excluding hydrogens is 342 g/mol. The van der Waals surface area contributed by atoms with Crippen LogP contribution in [0.3, 0.4) is 0 Å². The van der Waals surface area contributed by atoms with E-state index >= 15 is 0 Å². The van der Waals surface area contributed by atoms with Crippen LogP contribution in [-0.4, -0.2) is 43.0 Å². The third-order valence-electron chi connectivity index (χ3n) is 4.21. The molecule has 2 aromatic heterocycles. The van der Waals surface area contributed by atoms with E-state index in [0.717, 1.165) is 28.0 Å². The number of fused-ring (bicyclic) bond motifs is 1. The second kappa shape index (κ2) is 7.56. The minimum Gasteiger partial charge on any atom is -0.351 e. The van der Waals surface area contributed by atoms with Crippen LogP contribution in [0.4, 0.5) is 0 Å². The van der Waals surface area contributed by atoms with Gasteiger partial charge < -0.3 is 10.2 Å². The zero-order chi connectivity index (χ0) is 18.7. The fraction of sp³-hybridized carbons (Fsp3) is 0.333. The van der Waals surface area contributed by atoms with Gasteiger partial charge in [-0.25, -0.2) is 4.98 Å². The van der Waals surface area contributed by atoms with Crippen molar-refractivity contribution in [3.05, 3.63) is 53.4 Å². The molecule has 0 bridgehead atoms. The minimum absolute atomic E-state index is 0.00141. The summed E-state index contributed by atoms with van der Waals surface area (Å²) in [5, 5.41) is 6.03. The van der Waals surface area contributed by atoms with Crippen LogP contribution >= 0.6 is 11.3 Å². The van der Waals surface area contributed by atoms with Crippen molar-refractivity contribution in [2.45, 2.75) is 13.8 Å². The number of carbonyl (C=O) groups is 1. The maximum Gasteiger partial charge on any atom is 0.252 e. The summed E-state index contributed by atoms with van der Waals surface area (Å²) in [6.07, 6.45) is 0. The number of nitrogens with zero attached hydrogens (tertiary/aromatic N) is 2. The van der Waals surface area contributed by atoms with Gasteiger partial charge in [-0.15, -0.1) is 11.3 Å². The molecule has 0 aliphatic carbocycles. The highest BCUT2D eigenvalue weighted by molar-refractivity contribution is 7.13. The number of rotatable bonds is 6. The van der Waals surface area contributed by atoms with Crippen LogP contribution in [0.15, 0.2) is 47.8 Å². The van der Waals surface area contributed by atoms with E-state index in [9.17, 15) is 4.79 Å². The molecule has 1 aromatic carbocycles. The van der Waals surface area contributed by atoms with E-state index in [1.54, 1.807) is 11.3 Å². The summed E-state index contributed by atoms with van der Waals surface area (Å²) in [5.41, 5.74) is 2.37. The molecule has 136 valence electrons. The van der Waals surface area contributed by atoms with E-state index in [1.165, 1.54) is 0 Å². The molecule has 0 saturated heterocycles. The molecule has 3 aromatic rings. The molecule has 26 heavy (non-hydrogen) atoms. The monoisotopic (exact) mass is 367 g/mol. The van der Waals surface area contributed by atoms with Gasteiger partial charge in [0, 0.05) is 18.5 Å². The molecule has 0 spiro atoms. The Morgan fingerprint density at radius 3 is 2.65 bits per heavy atom. The summed E-state index contributed by atoms with van der Waals surface area (Å²) in [6.45, 7) is 5.85. The van der Waals surface area contributed by atoms with Gasteiger partial charge in [0.15, 0.2) is 0 Å². The molecule has 5 heteroatoms. The zero-order valence-electron chi connectivity index (χ0n) is 15.7. The summed E-state index contributed by atoms with van der Waals surface area (Å²) in [6, 6.07) is 13.8. The second-order valence-electron chi connectivity index (χ2n) is 7.63. The van der Waals surface area contributed by atoms with Gasteiger partial charge in [0.1, 0.15) is 0 Å². The first-order chi connectivity index (χ1) is 12.4. The highest BCUT2D eigenvalue weighted by atomic mass is 32.1. The summed E-state index contributed by atoms with van der Waals surface area (Å²) >= 11 is 1.63. The van der Waals surface area contributed by atoms with Crippen LogP contribution in [0.2, 0.25) is 0 Å². The van der Waals surface area contributed by atoms with Gasteiger partial charge in [0.05, 0.1) is 21.7 Å².